The Morgan fingerprint density at radius 2 is 2.00 bits per heavy atom. The van der Waals surface area contributed by atoms with E-state index in [2.05, 4.69) is 10.3 Å². The van der Waals surface area contributed by atoms with E-state index in [1.54, 1.807) is 24.4 Å². The maximum Gasteiger partial charge on any atom is 0.184 e. The van der Waals surface area contributed by atoms with Crippen molar-refractivity contribution in [2.24, 2.45) is 0 Å². The van der Waals surface area contributed by atoms with E-state index in [1.807, 2.05) is 37.3 Å². The van der Waals surface area contributed by atoms with Gasteiger partial charge in [-0.25, -0.2) is 4.68 Å². The molecule has 122 valence electrons. The molecule has 1 heterocycles. The Morgan fingerprint density at radius 3 is 2.79 bits per heavy atom. The number of benzene rings is 2. The average molecular weight is 342 g/mol. The number of carbonyl (C=O) groups is 1. The maximum absolute atomic E-state index is 12.1. The van der Waals surface area contributed by atoms with Crippen LogP contribution in [0.3, 0.4) is 0 Å². The SMILES string of the molecule is Cc1ccc(Cl)c(OCc2cn(CC(=O)c3ccccc3)nn2)c1. The molecule has 3 aromatic rings. The fourth-order valence-corrected chi connectivity index (χ4v) is 2.39. The van der Waals surface area contributed by atoms with E-state index in [4.69, 9.17) is 16.3 Å². The Morgan fingerprint density at radius 1 is 1.21 bits per heavy atom. The van der Waals surface area contributed by atoms with Crippen molar-refractivity contribution in [3.05, 3.63) is 76.6 Å². The van der Waals surface area contributed by atoms with Crippen molar-refractivity contribution in [2.75, 3.05) is 0 Å². The summed E-state index contributed by atoms with van der Waals surface area (Å²) in [5.41, 5.74) is 2.34. The van der Waals surface area contributed by atoms with Crippen LogP contribution < -0.4 is 4.74 Å². The first-order valence-electron chi connectivity index (χ1n) is 7.48. The van der Waals surface area contributed by atoms with Gasteiger partial charge in [-0.05, 0) is 24.6 Å². The van der Waals surface area contributed by atoms with Crippen LogP contribution in [0.25, 0.3) is 0 Å². The van der Waals surface area contributed by atoms with Crippen LogP contribution in [0.2, 0.25) is 5.02 Å². The number of hydrogen-bond acceptors (Lipinski definition) is 4. The van der Waals surface area contributed by atoms with Crippen molar-refractivity contribution in [1.82, 2.24) is 15.0 Å². The first kappa shape index (κ1) is 16.2. The van der Waals surface area contributed by atoms with Gasteiger partial charge in [-0.15, -0.1) is 5.10 Å². The topological polar surface area (TPSA) is 57.0 Å². The van der Waals surface area contributed by atoms with Gasteiger partial charge in [-0.2, -0.15) is 0 Å². The zero-order chi connectivity index (χ0) is 16.9. The van der Waals surface area contributed by atoms with Crippen LogP contribution in [0, 0.1) is 6.92 Å². The number of carbonyl (C=O) groups excluding carboxylic acids is 1. The third-order valence-corrected chi connectivity index (χ3v) is 3.76. The molecular formula is C18H16ClN3O2. The number of Topliss-reactive ketones (excluding diaryl/α,β-unsaturated/α-hetero) is 1. The first-order chi connectivity index (χ1) is 11.6. The minimum absolute atomic E-state index is 0.0188. The molecule has 5 nitrogen and oxygen atoms in total. The van der Waals surface area contributed by atoms with E-state index >= 15 is 0 Å². The lowest BCUT2D eigenvalue weighted by atomic mass is 10.1. The van der Waals surface area contributed by atoms with Gasteiger partial charge in [-0.1, -0.05) is 53.2 Å². The molecule has 0 aliphatic heterocycles. The fourth-order valence-electron chi connectivity index (χ4n) is 2.22. The van der Waals surface area contributed by atoms with Gasteiger partial charge in [0.05, 0.1) is 11.2 Å². The van der Waals surface area contributed by atoms with E-state index in [1.165, 1.54) is 4.68 Å². The van der Waals surface area contributed by atoms with Gasteiger partial charge in [0.15, 0.2) is 5.78 Å². The Bertz CT molecular complexity index is 846. The summed E-state index contributed by atoms with van der Waals surface area (Å²) in [5.74, 6) is 0.585. The number of ketones is 1. The molecule has 0 radical (unpaired) electrons. The highest BCUT2D eigenvalue weighted by atomic mass is 35.5. The Kier molecular flexibility index (Phi) is 4.91. The van der Waals surface area contributed by atoms with Crippen molar-refractivity contribution in [2.45, 2.75) is 20.1 Å². The lowest BCUT2D eigenvalue weighted by molar-refractivity contribution is 0.0967. The number of nitrogens with zero attached hydrogens (tertiary/aromatic N) is 3. The largest absolute Gasteiger partial charge is 0.486 e. The smallest absolute Gasteiger partial charge is 0.184 e. The normalized spacial score (nSPS) is 10.6. The van der Waals surface area contributed by atoms with Crippen molar-refractivity contribution in [3.8, 4) is 5.75 Å². The molecule has 6 heteroatoms. The molecule has 0 saturated carbocycles. The van der Waals surface area contributed by atoms with Crippen LogP contribution in [0.4, 0.5) is 0 Å². The lowest BCUT2D eigenvalue weighted by Gasteiger charge is -2.06. The van der Waals surface area contributed by atoms with Crippen molar-refractivity contribution >= 4 is 17.4 Å². The van der Waals surface area contributed by atoms with Crippen LogP contribution in [0.15, 0.2) is 54.7 Å². The van der Waals surface area contributed by atoms with Crippen LogP contribution in [-0.4, -0.2) is 20.8 Å². The summed E-state index contributed by atoms with van der Waals surface area (Å²) >= 11 is 6.09. The summed E-state index contributed by atoms with van der Waals surface area (Å²) in [6, 6.07) is 14.7. The zero-order valence-electron chi connectivity index (χ0n) is 13.1. The second-order valence-electron chi connectivity index (χ2n) is 5.42. The number of hydrogen-bond donors (Lipinski definition) is 0. The standard InChI is InChI=1S/C18H16ClN3O2/c1-13-7-8-16(19)18(9-13)24-12-15-10-22(21-20-15)11-17(23)14-5-3-2-4-6-14/h2-10H,11-12H2,1H3. The van der Waals surface area contributed by atoms with E-state index in [-0.39, 0.29) is 18.9 Å². The molecule has 0 aliphatic rings. The molecule has 0 unspecified atom stereocenters. The monoisotopic (exact) mass is 341 g/mol. The molecule has 1 aromatic heterocycles. The van der Waals surface area contributed by atoms with Crippen molar-refractivity contribution in [3.63, 3.8) is 0 Å². The first-order valence-corrected chi connectivity index (χ1v) is 7.86. The second kappa shape index (κ2) is 7.27. The summed E-state index contributed by atoms with van der Waals surface area (Å²) in [4.78, 5) is 12.1. The van der Waals surface area contributed by atoms with Gasteiger partial charge in [0.2, 0.25) is 0 Å². The van der Waals surface area contributed by atoms with Crippen molar-refractivity contribution < 1.29 is 9.53 Å². The average Bonchev–Trinajstić information content (AvgIpc) is 3.04. The summed E-state index contributed by atoms with van der Waals surface area (Å²) in [6.07, 6.45) is 1.70. The third kappa shape index (κ3) is 4.00. The predicted molar refractivity (Wildman–Crippen MR) is 91.3 cm³/mol. The molecular weight excluding hydrogens is 326 g/mol. The molecule has 0 amide bonds. The summed E-state index contributed by atoms with van der Waals surface area (Å²) in [5, 5.41) is 8.54. The number of aromatic nitrogens is 3. The fraction of sp³-hybridized carbons (Fsp3) is 0.167. The minimum atomic E-state index is -0.0188. The highest BCUT2D eigenvalue weighted by molar-refractivity contribution is 6.32. The molecule has 0 N–H and O–H groups in total. The van der Waals surface area contributed by atoms with Gasteiger partial charge in [0.25, 0.3) is 0 Å². The van der Waals surface area contributed by atoms with Crippen molar-refractivity contribution in [1.29, 1.82) is 0 Å². The van der Waals surface area contributed by atoms with Crippen LogP contribution in [0.1, 0.15) is 21.6 Å². The van der Waals surface area contributed by atoms with E-state index in [0.717, 1.165) is 5.56 Å². The Hall–Kier alpha value is -2.66. The third-order valence-electron chi connectivity index (χ3n) is 3.45. The molecule has 0 spiro atoms. The van der Waals surface area contributed by atoms with Crippen LogP contribution >= 0.6 is 11.6 Å². The van der Waals surface area contributed by atoms with Gasteiger partial charge >= 0.3 is 0 Å². The number of halogens is 1. The quantitative estimate of drug-likeness (QED) is 0.641. The predicted octanol–water partition coefficient (Wildman–Crippen LogP) is 3.70. The molecule has 0 saturated heterocycles. The summed E-state index contributed by atoms with van der Waals surface area (Å²) in [7, 11) is 0. The van der Waals surface area contributed by atoms with Crippen LogP contribution in [-0.2, 0) is 13.2 Å². The molecule has 0 atom stereocenters. The Labute approximate surface area is 144 Å². The number of rotatable bonds is 6. The molecule has 24 heavy (non-hydrogen) atoms. The van der Waals surface area contributed by atoms with Gasteiger partial charge in [0, 0.05) is 5.56 Å². The maximum atomic E-state index is 12.1. The highest BCUT2D eigenvalue weighted by Gasteiger charge is 2.09. The van der Waals surface area contributed by atoms with Gasteiger partial charge in [0.1, 0.15) is 24.6 Å². The molecule has 0 bridgehead atoms. The lowest BCUT2D eigenvalue weighted by Crippen LogP contribution is -2.10. The summed E-state index contributed by atoms with van der Waals surface area (Å²) in [6.45, 7) is 2.35. The second-order valence-corrected chi connectivity index (χ2v) is 5.83. The van der Waals surface area contributed by atoms with E-state index < -0.39 is 0 Å². The van der Waals surface area contributed by atoms with E-state index in [0.29, 0.717) is 22.0 Å². The van der Waals surface area contributed by atoms with Crippen LogP contribution in [0.5, 0.6) is 5.75 Å². The number of ether oxygens (including phenoxy) is 1. The molecule has 2 aromatic carbocycles. The van der Waals surface area contributed by atoms with Gasteiger partial charge in [-0.3, -0.25) is 4.79 Å². The Balaban J connectivity index is 1.61. The highest BCUT2D eigenvalue weighted by Crippen LogP contribution is 2.25. The zero-order valence-corrected chi connectivity index (χ0v) is 13.9. The molecule has 0 fully saturated rings. The van der Waals surface area contributed by atoms with E-state index in [9.17, 15) is 4.79 Å². The minimum Gasteiger partial charge on any atom is -0.486 e. The van der Waals surface area contributed by atoms with Gasteiger partial charge < -0.3 is 4.74 Å². The molecule has 0 aliphatic carbocycles. The summed E-state index contributed by atoms with van der Waals surface area (Å²) < 4.78 is 7.18. The number of aryl methyl sites for hydroxylation is 1. The molecule has 3 rings (SSSR count).